The Balaban J connectivity index is 1.57. The summed E-state index contributed by atoms with van der Waals surface area (Å²) in [5, 5.41) is 0. The molecule has 3 fully saturated rings. The molecule has 0 heterocycles. The van der Waals surface area contributed by atoms with Crippen LogP contribution in [0, 0.1) is 23.7 Å². The molecular formula is C26H52Si2. The van der Waals surface area contributed by atoms with Crippen molar-refractivity contribution in [3.05, 3.63) is 0 Å². The standard InChI is InChI=1S/C26H52Si2/c1-19-9-11-25(17-21(19)3)27(5,6)23-13-15-24(16-14-23)28(7,8)26-12-10-20(2)22(4)18-26/h19-26H,9-18H2,1-8H3. The van der Waals surface area contributed by atoms with Gasteiger partial charge in [0, 0.05) is 0 Å². The van der Waals surface area contributed by atoms with Crippen LogP contribution in [0.4, 0.5) is 0 Å². The maximum absolute atomic E-state index is 2.79. The second-order valence-corrected chi connectivity index (χ2v) is 23.7. The van der Waals surface area contributed by atoms with E-state index in [2.05, 4.69) is 53.9 Å². The van der Waals surface area contributed by atoms with Gasteiger partial charge in [-0.05, 0) is 58.7 Å². The van der Waals surface area contributed by atoms with E-state index in [9.17, 15) is 0 Å². The Bertz CT molecular complexity index is 457. The summed E-state index contributed by atoms with van der Waals surface area (Å²) in [4.78, 5) is 0. The van der Waals surface area contributed by atoms with E-state index < -0.39 is 16.1 Å². The van der Waals surface area contributed by atoms with E-state index >= 15 is 0 Å². The van der Waals surface area contributed by atoms with Crippen LogP contribution >= 0.6 is 0 Å². The van der Waals surface area contributed by atoms with Gasteiger partial charge in [0.1, 0.15) is 0 Å². The van der Waals surface area contributed by atoms with Crippen LogP contribution < -0.4 is 0 Å². The summed E-state index contributed by atoms with van der Waals surface area (Å²) >= 11 is 0. The van der Waals surface area contributed by atoms with E-state index in [-0.39, 0.29) is 0 Å². The second kappa shape index (κ2) is 8.89. The SMILES string of the molecule is CC1CCC([Si](C)(C)C2CCC([Si](C)(C)C3CCC(C)C(C)C3)CC2)CC1C. The molecular weight excluding hydrogens is 368 g/mol. The smallest absolute Gasteiger partial charge is 0.0536 e. The second-order valence-electron chi connectivity index (χ2n) is 13.1. The van der Waals surface area contributed by atoms with Gasteiger partial charge in [-0.25, -0.2) is 0 Å². The third kappa shape index (κ3) is 4.68. The Morgan fingerprint density at radius 2 is 0.679 bits per heavy atom. The molecule has 0 aromatic carbocycles. The third-order valence-corrected chi connectivity index (χ3v) is 21.8. The summed E-state index contributed by atoms with van der Waals surface area (Å²) in [6.45, 7) is 21.2. The van der Waals surface area contributed by atoms with Crippen LogP contribution in [-0.2, 0) is 0 Å². The van der Waals surface area contributed by atoms with Crippen molar-refractivity contribution in [2.24, 2.45) is 23.7 Å². The molecule has 0 radical (unpaired) electrons. The highest BCUT2D eigenvalue weighted by Crippen LogP contribution is 2.55. The Kier molecular flexibility index (Phi) is 7.34. The lowest BCUT2D eigenvalue weighted by atomic mass is 9.81. The summed E-state index contributed by atoms with van der Waals surface area (Å²) in [7, 11) is -2.21. The van der Waals surface area contributed by atoms with Crippen molar-refractivity contribution in [3.63, 3.8) is 0 Å². The highest BCUT2D eigenvalue weighted by molar-refractivity contribution is 6.81. The molecule has 0 aliphatic heterocycles. The van der Waals surface area contributed by atoms with Crippen molar-refractivity contribution >= 4 is 16.1 Å². The quantitative estimate of drug-likeness (QED) is 0.397. The summed E-state index contributed by atoms with van der Waals surface area (Å²) in [5.41, 5.74) is 4.49. The van der Waals surface area contributed by atoms with Crippen LogP contribution in [0.15, 0.2) is 0 Å². The van der Waals surface area contributed by atoms with Crippen molar-refractivity contribution in [3.8, 4) is 0 Å². The van der Waals surface area contributed by atoms with Crippen molar-refractivity contribution in [2.75, 3.05) is 0 Å². The molecule has 0 aromatic rings. The molecule has 0 nitrogen and oxygen atoms in total. The van der Waals surface area contributed by atoms with Gasteiger partial charge < -0.3 is 0 Å². The van der Waals surface area contributed by atoms with Crippen LogP contribution in [0.2, 0.25) is 48.4 Å². The van der Waals surface area contributed by atoms with Gasteiger partial charge in [0.25, 0.3) is 0 Å². The third-order valence-electron chi connectivity index (χ3n) is 11.1. The van der Waals surface area contributed by atoms with Crippen LogP contribution in [-0.4, -0.2) is 16.1 Å². The monoisotopic (exact) mass is 420 g/mol. The van der Waals surface area contributed by atoms with Crippen LogP contribution in [0.1, 0.15) is 91.9 Å². The number of hydrogen-bond acceptors (Lipinski definition) is 0. The molecule has 3 aliphatic rings. The Hall–Kier alpha value is 0.434. The normalized spacial score (nSPS) is 43.7. The minimum atomic E-state index is -1.11. The number of hydrogen-bond donors (Lipinski definition) is 0. The van der Waals surface area contributed by atoms with E-state index in [1.165, 1.54) is 12.8 Å². The van der Waals surface area contributed by atoms with Crippen LogP contribution in [0.3, 0.4) is 0 Å². The predicted molar refractivity (Wildman–Crippen MR) is 133 cm³/mol. The minimum Gasteiger partial charge on any atom is -0.0689 e. The van der Waals surface area contributed by atoms with Crippen molar-refractivity contribution < 1.29 is 0 Å². The Morgan fingerprint density at radius 3 is 0.964 bits per heavy atom. The Morgan fingerprint density at radius 1 is 0.393 bits per heavy atom. The van der Waals surface area contributed by atoms with Crippen molar-refractivity contribution in [2.45, 2.75) is 140 Å². The van der Waals surface area contributed by atoms with Gasteiger partial charge in [0.05, 0.1) is 16.1 Å². The van der Waals surface area contributed by atoms with E-state index in [4.69, 9.17) is 0 Å². The lowest BCUT2D eigenvalue weighted by Crippen LogP contribution is -2.46. The topological polar surface area (TPSA) is 0 Å². The summed E-state index contributed by atoms with van der Waals surface area (Å²) in [6, 6.07) is 0. The molecule has 164 valence electrons. The molecule has 6 atom stereocenters. The largest absolute Gasteiger partial charge is 0.0689 e. The highest BCUT2D eigenvalue weighted by atomic mass is 28.3. The van der Waals surface area contributed by atoms with E-state index in [0.717, 1.165) is 45.8 Å². The van der Waals surface area contributed by atoms with Gasteiger partial charge in [-0.1, -0.05) is 105 Å². The van der Waals surface area contributed by atoms with Crippen molar-refractivity contribution in [1.82, 2.24) is 0 Å². The maximum Gasteiger partial charge on any atom is 0.0536 e. The molecule has 0 spiro atoms. The summed E-state index contributed by atoms with van der Waals surface area (Å²) in [6.07, 6.45) is 15.6. The zero-order chi connectivity index (χ0) is 20.7. The highest BCUT2D eigenvalue weighted by Gasteiger charge is 2.47. The zero-order valence-corrected chi connectivity index (χ0v) is 22.7. The summed E-state index contributed by atoms with van der Waals surface area (Å²) < 4.78 is 0. The first kappa shape index (κ1) is 23.1. The van der Waals surface area contributed by atoms with Gasteiger partial charge in [0.15, 0.2) is 0 Å². The predicted octanol–water partition coefficient (Wildman–Crippen LogP) is 9.37. The average Bonchev–Trinajstić information content (AvgIpc) is 2.66. The lowest BCUT2D eigenvalue weighted by molar-refractivity contribution is 0.268. The molecule has 0 aromatic heterocycles. The first-order valence-corrected chi connectivity index (χ1v) is 19.3. The molecule has 3 rings (SSSR count). The fraction of sp³-hybridized carbons (Fsp3) is 1.00. The zero-order valence-electron chi connectivity index (χ0n) is 20.7. The van der Waals surface area contributed by atoms with E-state index in [1.807, 2.05) is 0 Å². The molecule has 2 heteroatoms. The fourth-order valence-corrected chi connectivity index (χ4v) is 16.5. The van der Waals surface area contributed by atoms with E-state index in [0.29, 0.717) is 0 Å². The van der Waals surface area contributed by atoms with E-state index in [1.54, 1.807) is 51.4 Å². The summed E-state index contributed by atoms with van der Waals surface area (Å²) in [5.74, 6) is 3.90. The van der Waals surface area contributed by atoms with Crippen LogP contribution in [0.5, 0.6) is 0 Å². The maximum atomic E-state index is 2.79. The lowest BCUT2D eigenvalue weighted by Gasteiger charge is -2.50. The molecule has 6 unspecified atom stereocenters. The molecule has 0 bridgehead atoms. The first-order chi connectivity index (χ1) is 13.0. The number of rotatable bonds is 4. The van der Waals surface area contributed by atoms with Crippen molar-refractivity contribution in [1.29, 1.82) is 0 Å². The van der Waals surface area contributed by atoms with Gasteiger partial charge in [-0.3, -0.25) is 0 Å². The molecule has 0 amide bonds. The van der Waals surface area contributed by atoms with Gasteiger partial charge in [0.2, 0.25) is 0 Å². The first-order valence-electron chi connectivity index (χ1n) is 13.0. The molecule has 28 heavy (non-hydrogen) atoms. The minimum absolute atomic E-state index is 0.976. The molecule has 0 saturated heterocycles. The van der Waals surface area contributed by atoms with Gasteiger partial charge >= 0.3 is 0 Å². The fourth-order valence-electron chi connectivity index (χ4n) is 7.69. The van der Waals surface area contributed by atoms with Crippen LogP contribution in [0.25, 0.3) is 0 Å². The van der Waals surface area contributed by atoms with Gasteiger partial charge in [-0.15, -0.1) is 0 Å². The molecule has 0 N–H and O–H groups in total. The average molecular weight is 421 g/mol. The molecule has 3 aliphatic carbocycles. The van der Waals surface area contributed by atoms with Gasteiger partial charge in [-0.2, -0.15) is 0 Å². The Labute approximate surface area is 180 Å². The molecule has 3 saturated carbocycles.